The molecule has 0 saturated carbocycles. The summed E-state index contributed by atoms with van der Waals surface area (Å²) in [7, 11) is 0. The number of aryl methyl sites for hydroxylation is 1. The Balaban J connectivity index is 1.10. The standard InChI is InChI=1S/C27H34N4O2/c32-27(31-14-6-15-31)19-21-10-11-24-25(18-21)29-26(28-24)9-5-16-33-23-8-4-7-22(17-23)20-30-12-2-1-3-13-30/h4,7-8,10-11,17-18H,1-3,5-6,9,12-16,19-20H2,(H,28,29). The minimum atomic E-state index is 0.216. The Morgan fingerprint density at radius 1 is 0.970 bits per heavy atom. The van der Waals surface area contributed by atoms with Gasteiger partial charge >= 0.3 is 0 Å². The molecule has 1 N–H and O–H groups in total. The summed E-state index contributed by atoms with van der Waals surface area (Å²) in [5.74, 6) is 2.14. The van der Waals surface area contributed by atoms with Crippen LogP contribution in [0.3, 0.4) is 0 Å². The van der Waals surface area contributed by atoms with Crippen molar-refractivity contribution in [2.24, 2.45) is 0 Å². The second kappa shape index (κ2) is 10.4. The minimum absolute atomic E-state index is 0.216. The van der Waals surface area contributed by atoms with Crippen LogP contribution in [0.25, 0.3) is 11.0 Å². The molecule has 2 fully saturated rings. The van der Waals surface area contributed by atoms with Gasteiger partial charge < -0.3 is 14.6 Å². The van der Waals surface area contributed by atoms with Crippen LogP contribution in [0.1, 0.15) is 49.1 Å². The number of carbonyl (C=O) groups is 1. The number of piperidine rings is 1. The minimum Gasteiger partial charge on any atom is -0.494 e. The molecule has 1 aromatic heterocycles. The maximum Gasteiger partial charge on any atom is 0.226 e. The van der Waals surface area contributed by atoms with Gasteiger partial charge in [-0.3, -0.25) is 9.69 Å². The van der Waals surface area contributed by atoms with Crippen molar-refractivity contribution >= 4 is 16.9 Å². The van der Waals surface area contributed by atoms with Crippen LogP contribution in [-0.2, 0) is 24.2 Å². The molecule has 2 aliphatic rings. The molecule has 5 rings (SSSR count). The lowest BCUT2D eigenvalue weighted by Crippen LogP contribution is -2.42. The number of amides is 1. The number of nitrogens with one attached hydrogen (secondary N) is 1. The van der Waals surface area contributed by atoms with Crippen molar-refractivity contribution in [2.75, 3.05) is 32.8 Å². The molecule has 0 aliphatic carbocycles. The number of rotatable bonds is 9. The van der Waals surface area contributed by atoms with Crippen molar-refractivity contribution < 1.29 is 9.53 Å². The average molecular weight is 447 g/mol. The van der Waals surface area contributed by atoms with Gasteiger partial charge in [0.1, 0.15) is 11.6 Å². The van der Waals surface area contributed by atoms with Crippen molar-refractivity contribution in [3.05, 3.63) is 59.4 Å². The van der Waals surface area contributed by atoms with Gasteiger partial charge in [-0.25, -0.2) is 4.98 Å². The molecule has 2 saturated heterocycles. The van der Waals surface area contributed by atoms with Gasteiger partial charge in [-0.2, -0.15) is 0 Å². The van der Waals surface area contributed by atoms with Crippen LogP contribution in [0.15, 0.2) is 42.5 Å². The average Bonchev–Trinajstić information content (AvgIpc) is 3.18. The van der Waals surface area contributed by atoms with E-state index in [1.165, 1.54) is 37.9 Å². The van der Waals surface area contributed by atoms with Gasteiger partial charge in [0, 0.05) is 26.1 Å². The molecule has 0 unspecified atom stereocenters. The number of fused-ring (bicyclic) bond motifs is 1. The second-order valence-corrected chi connectivity index (χ2v) is 9.38. The Labute approximate surface area is 195 Å². The summed E-state index contributed by atoms with van der Waals surface area (Å²) in [6.07, 6.45) is 7.32. The van der Waals surface area contributed by atoms with Crippen molar-refractivity contribution in [3.63, 3.8) is 0 Å². The van der Waals surface area contributed by atoms with E-state index >= 15 is 0 Å². The third-order valence-corrected chi connectivity index (χ3v) is 6.74. The molecular formula is C27H34N4O2. The summed E-state index contributed by atoms with van der Waals surface area (Å²) in [6, 6.07) is 14.6. The summed E-state index contributed by atoms with van der Waals surface area (Å²) in [6.45, 7) is 5.90. The van der Waals surface area contributed by atoms with Gasteiger partial charge in [0.05, 0.1) is 24.1 Å². The highest BCUT2D eigenvalue weighted by molar-refractivity contribution is 5.82. The number of hydrogen-bond donors (Lipinski definition) is 1. The first kappa shape index (κ1) is 22.0. The Morgan fingerprint density at radius 2 is 1.85 bits per heavy atom. The summed E-state index contributed by atoms with van der Waals surface area (Å²) in [4.78, 5) is 24.8. The number of likely N-dealkylation sites (tertiary alicyclic amines) is 2. The van der Waals surface area contributed by atoms with Crippen LogP contribution in [0.5, 0.6) is 5.75 Å². The molecule has 3 heterocycles. The summed E-state index contributed by atoms with van der Waals surface area (Å²) in [5, 5.41) is 0. The molecule has 1 amide bonds. The Kier molecular flexibility index (Phi) is 6.91. The normalized spacial score (nSPS) is 16.7. The second-order valence-electron chi connectivity index (χ2n) is 9.38. The van der Waals surface area contributed by atoms with E-state index < -0.39 is 0 Å². The van der Waals surface area contributed by atoms with Crippen LogP contribution in [0, 0.1) is 0 Å². The lowest BCUT2D eigenvalue weighted by atomic mass is 10.1. The topological polar surface area (TPSA) is 61.5 Å². The fourth-order valence-electron chi connectivity index (χ4n) is 4.72. The fourth-order valence-corrected chi connectivity index (χ4v) is 4.72. The molecule has 2 aromatic carbocycles. The zero-order valence-electron chi connectivity index (χ0n) is 19.4. The van der Waals surface area contributed by atoms with E-state index in [0.29, 0.717) is 13.0 Å². The largest absolute Gasteiger partial charge is 0.494 e. The number of imidazole rings is 1. The van der Waals surface area contributed by atoms with Gasteiger partial charge in [-0.1, -0.05) is 24.6 Å². The van der Waals surface area contributed by atoms with E-state index in [-0.39, 0.29) is 5.91 Å². The molecule has 33 heavy (non-hydrogen) atoms. The fraction of sp³-hybridized carbons (Fsp3) is 0.481. The van der Waals surface area contributed by atoms with Gasteiger partial charge in [0.15, 0.2) is 0 Å². The SMILES string of the molecule is O=C(Cc1ccc2[nH]c(CCCOc3cccc(CN4CCCCC4)c3)nc2c1)N1CCC1. The van der Waals surface area contributed by atoms with Gasteiger partial charge in [0.25, 0.3) is 0 Å². The Bertz CT molecular complexity index is 1080. The smallest absolute Gasteiger partial charge is 0.226 e. The van der Waals surface area contributed by atoms with E-state index in [4.69, 9.17) is 9.72 Å². The molecule has 0 spiro atoms. The van der Waals surface area contributed by atoms with Gasteiger partial charge in [-0.15, -0.1) is 0 Å². The van der Waals surface area contributed by atoms with Crippen LogP contribution in [0.4, 0.5) is 0 Å². The van der Waals surface area contributed by atoms with Crippen LogP contribution < -0.4 is 4.74 Å². The molecule has 174 valence electrons. The Morgan fingerprint density at radius 3 is 2.67 bits per heavy atom. The van der Waals surface area contributed by atoms with E-state index in [1.807, 2.05) is 29.2 Å². The van der Waals surface area contributed by atoms with Crippen molar-refractivity contribution in [2.45, 2.75) is 51.5 Å². The maximum absolute atomic E-state index is 12.2. The molecule has 3 aromatic rings. The zero-order valence-corrected chi connectivity index (χ0v) is 19.4. The molecule has 0 bridgehead atoms. The predicted octanol–water partition coefficient (Wildman–Crippen LogP) is 4.34. The van der Waals surface area contributed by atoms with Crippen molar-refractivity contribution in [1.82, 2.24) is 19.8 Å². The van der Waals surface area contributed by atoms with E-state index in [1.54, 1.807) is 0 Å². The van der Waals surface area contributed by atoms with Crippen molar-refractivity contribution in [1.29, 1.82) is 0 Å². The highest BCUT2D eigenvalue weighted by Gasteiger charge is 2.20. The number of benzene rings is 2. The lowest BCUT2D eigenvalue weighted by molar-refractivity contribution is -0.133. The number of aromatic nitrogens is 2. The quantitative estimate of drug-likeness (QED) is 0.497. The molecule has 0 radical (unpaired) electrons. The third-order valence-electron chi connectivity index (χ3n) is 6.74. The Hall–Kier alpha value is -2.86. The van der Waals surface area contributed by atoms with Gasteiger partial charge in [-0.05, 0) is 74.2 Å². The van der Waals surface area contributed by atoms with Crippen LogP contribution in [0.2, 0.25) is 0 Å². The van der Waals surface area contributed by atoms with E-state index in [0.717, 1.165) is 67.1 Å². The van der Waals surface area contributed by atoms with Gasteiger partial charge in [0.2, 0.25) is 5.91 Å². The summed E-state index contributed by atoms with van der Waals surface area (Å²) in [5.41, 5.74) is 4.32. The number of H-pyrrole nitrogens is 1. The third kappa shape index (κ3) is 5.74. The summed E-state index contributed by atoms with van der Waals surface area (Å²) >= 11 is 0. The van der Waals surface area contributed by atoms with Crippen LogP contribution >= 0.6 is 0 Å². The molecule has 2 aliphatic heterocycles. The van der Waals surface area contributed by atoms with Crippen molar-refractivity contribution in [3.8, 4) is 5.75 Å². The molecular weight excluding hydrogens is 412 g/mol. The zero-order chi connectivity index (χ0) is 22.5. The maximum atomic E-state index is 12.2. The monoisotopic (exact) mass is 446 g/mol. The first-order valence-electron chi connectivity index (χ1n) is 12.4. The number of carbonyl (C=O) groups excluding carboxylic acids is 1. The van der Waals surface area contributed by atoms with Crippen LogP contribution in [-0.4, -0.2) is 58.5 Å². The molecule has 6 nitrogen and oxygen atoms in total. The van der Waals surface area contributed by atoms with E-state index in [9.17, 15) is 4.79 Å². The number of aromatic amines is 1. The number of hydrogen-bond acceptors (Lipinski definition) is 4. The number of ether oxygens (including phenoxy) is 1. The number of nitrogens with zero attached hydrogens (tertiary/aromatic N) is 3. The highest BCUT2D eigenvalue weighted by Crippen LogP contribution is 2.19. The highest BCUT2D eigenvalue weighted by atomic mass is 16.5. The molecule has 0 atom stereocenters. The lowest BCUT2D eigenvalue weighted by Gasteiger charge is -2.30. The predicted molar refractivity (Wildman–Crippen MR) is 130 cm³/mol. The first-order chi connectivity index (χ1) is 16.2. The summed E-state index contributed by atoms with van der Waals surface area (Å²) < 4.78 is 6.03. The first-order valence-corrected chi connectivity index (χ1v) is 12.4. The molecule has 6 heteroatoms. The van der Waals surface area contributed by atoms with E-state index in [2.05, 4.69) is 28.1 Å².